The minimum atomic E-state index is 0.465. The molecule has 0 bridgehead atoms. The Kier molecular flexibility index (Phi) is 3.59. The van der Waals surface area contributed by atoms with E-state index in [-0.39, 0.29) is 0 Å². The molecule has 0 amide bonds. The normalized spacial score (nSPS) is 19.2. The van der Waals surface area contributed by atoms with E-state index < -0.39 is 0 Å². The predicted octanol–water partition coefficient (Wildman–Crippen LogP) is 1.48. The molecule has 6 heteroatoms. The summed E-state index contributed by atoms with van der Waals surface area (Å²) in [5.74, 6) is 0. The molecule has 0 aliphatic carbocycles. The van der Waals surface area contributed by atoms with Crippen LogP contribution >= 0.6 is 11.3 Å². The molecule has 3 heterocycles. The van der Waals surface area contributed by atoms with Gasteiger partial charge in [0, 0.05) is 37.0 Å². The molecule has 94 valence electrons. The van der Waals surface area contributed by atoms with Crippen LogP contribution in [0.4, 0.5) is 0 Å². The maximum atomic E-state index is 5.32. The molecule has 0 aromatic carbocycles. The Balaban J connectivity index is 1.63. The lowest BCUT2D eigenvalue weighted by molar-refractivity contribution is 0.189. The highest BCUT2D eigenvalue weighted by atomic mass is 32.1. The molecular weight excluding hydrogens is 248 g/mol. The third kappa shape index (κ3) is 2.72. The van der Waals surface area contributed by atoms with Crippen LogP contribution in [0, 0.1) is 0 Å². The Morgan fingerprint density at radius 3 is 3.22 bits per heavy atom. The van der Waals surface area contributed by atoms with Crippen LogP contribution < -0.4 is 5.32 Å². The molecule has 2 aromatic rings. The highest BCUT2D eigenvalue weighted by molar-refractivity contribution is 7.13. The van der Waals surface area contributed by atoms with Crippen molar-refractivity contribution in [2.24, 2.45) is 0 Å². The van der Waals surface area contributed by atoms with Gasteiger partial charge in [0.25, 0.3) is 0 Å². The van der Waals surface area contributed by atoms with Gasteiger partial charge in [0.15, 0.2) is 0 Å². The standard InChI is InChI=1S/C12H14N4OS/c1-4-17-7-9(1)15-5-10-8-18-12(16-10)11-6-13-2-3-14-11/h2-3,6,8-9,15H,1,4-5,7H2/t9-/m1/s1. The average Bonchev–Trinajstić information content (AvgIpc) is 3.09. The monoisotopic (exact) mass is 262 g/mol. The summed E-state index contributed by atoms with van der Waals surface area (Å²) >= 11 is 1.60. The zero-order valence-electron chi connectivity index (χ0n) is 9.87. The van der Waals surface area contributed by atoms with E-state index in [2.05, 4.69) is 25.6 Å². The lowest BCUT2D eigenvalue weighted by Crippen LogP contribution is -2.28. The number of hydrogen-bond donors (Lipinski definition) is 1. The SMILES string of the molecule is c1cnc(-c2nc(CN[C@@H]3CCOC3)cs2)cn1. The summed E-state index contributed by atoms with van der Waals surface area (Å²) in [7, 11) is 0. The van der Waals surface area contributed by atoms with Gasteiger partial charge in [-0.25, -0.2) is 4.98 Å². The molecule has 5 nitrogen and oxygen atoms in total. The number of aromatic nitrogens is 3. The van der Waals surface area contributed by atoms with E-state index >= 15 is 0 Å². The fraction of sp³-hybridized carbons (Fsp3) is 0.417. The lowest BCUT2D eigenvalue weighted by atomic mass is 10.2. The first-order valence-electron chi connectivity index (χ1n) is 5.94. The Bertz CT molecular complexity index is 496. The van der Waals surface area contributed by atoms with Gasteiger partial charge in [-0.2, -0.15) is 0 Å². The van der Waals surface area contributed by atoms with Crippen molar-refractivity contribution in [3.63, 3.8) is 0 Å². The summed E-state index contributed by atoms with van der Waals surface area (Å²) in [5, 5.41) is 6.43. The van der Waals surface area contributed by atoms with Crippen LogP contribution in [0.3, 0.4) is 0 Å². The molecule has 1 aliphatic heterocycles. The van der Waals surface area contributed by atoms with Crippen LogP contribution in [0.1, 0.15) is 12.1 Å². The van der Waals surface area contributed by atoms with E-state index in [9.17, 15) is 0 Å². The first-order valence-corrected chi connectivity index (χ1v) is 6.82. The van der Waals surface area contributed by atoms with Gasteiger partial charge in [-0.05, 0) is 6.42 Å². The largest absolute Gasteiger partial charge is 0.380 e. The Labute approximate surface area is 109 Å². The number of nitrogens with zero attached hydrogens (tertiary/aromatic N) is 3. The molecule has 1 fully saturated rings. The third-order valence-corrected chi connectivity index (χ3v) is 3.75. The molecule has 18 heavy (non-hydrogen) atoms. The van der Waals surface area contributed by atoms with Gasteiger partial charge < -0.3 is 10.1 Å². The molecule has 0 unspecified atom stereocenters. The number of hydrogen-bond acceptors (Lipinski definition) is 6. The van der Waals surface area contributed by atoms with Gasteiger partial charge in [-0.3, -0.25) is 9.97 Å². The summed E-state index contributed by atoms with van der Waals surface area (Å²) in [6.07, 6.45) is 6.17. The van der Waals surface area contributed by atoms with Crippen molar-refractivity contribution in [2.75, 3.05) is 13.2 Å². The minimum absolute atomic E-state index is 0.465. The van der Waals surface area contributed by atoms with Gasteiger partial charge in [0.2, 0.25) is 0 Å². The van der Waals surface area contributed by atoms with Crippen molar-refractivity contribution in [3.05, 3.63) is 29.7 Å². The summed E-state index contributed by atoms with van der Waals surface area (Å²) in [4.78, 5) is 12.9. The van der Waals surface area contributed by atoms with E-state index in [0.717, 1.165) is 42.6 Å². The molecule has 0 spiro atoms. The second kappa shape index (κ2) is 5.51. The van der Waals surface area contributed by atoms with Gasteiger partial charge in [0.1, 0.15) is 10.7 Å². The van der Waals surface area contributed by atoms with Crippen LogP contribution in [0.5, 0.6) is 0 Å². The summed E-state index contributed by atoms with van der Waals surface area (Å²) in [5.41, 5.74) is 1.88. The van der Waals surface area contributed by atoms with E-state index in [0.29, 0.717) is 6.04 Å². The second-order valence-electron chi connectivity index (χ2n) is 4.18. The first kappa shape index (κ1) is 11.7. The Hall–Kier alpha value is -1.37. The minimum Gasteiger partial charge on any atom is -0.380 e. The van der Waals surface area contributed by atoms with Crippen molar-refractivity contribution >= 4 is 11.3 Å². The topological polar surface area (TPSA) is 59.9 Å². The van der Waals surface area contributed by atoms with Crippen molar-refractivity contribution in [1.29, 1.82) is 0 Å². The molecule has 1 atom stereocenters. The van der Waals surface area contributed by atoms with Crippen molar-refractivity contribution in [1.82, 2.24) is 20.3 Å². The highest BCUT2D eigenvalue weighted by Gasteiger charge is 2.15. The van der Waals surface area contributed by atoms with Gasteiger partial charge in [0.05, 0.1) is 18.5 Å². The highest BCUT2D eigenvalue weighted by Crippen LogP contribution is 2.20. The molecular formula is C12H14N4OS. The molecule has 0 radical (unpaired) electrons. The smallest absolute Gasteiger partial charge is 0.143 e. The summed E-state index contributed by atoms with van der Waals surface area (Å²) in [6.45, 7) is 2.45. The zero-order chi connectivity index (χ0) is 12.2. The molecule has 3 rings (SSSR count). The fourth-order valence-corrected chi connectivity index (χ4v) is 2.64. The number of thiazole rings is 1. The van der Waals surface area contributed by atoms with Gasteiger partial charge >= 0.3 is 0 Å². The molecule has 0 saturated carbocycles. The fourth-order valence-electron chi connectivity index (χ4n) is 1.86. The number of ether oxygens (including phenoxy) is 1. The third-order valence-electron chi connectivity index (χ3n) is 2.84. The van der Waals surface area contributed by atoms with E-state index in [1.54, 1.807) is 29.9 Å². The van der Waals surface area contributed by atoms with Crippen LogP contribution in [0.25, 0.3) is 10.7 Å². The van der Waals surface area contributed by atoms with Crippen molar-refractivity contribution in [3.8, 4) is 10.7 Å². The Morgan fingerprint density at radius 2 is 2.44 bits per heavy atom. The van der Waals surface area contributed by atoms with Crippen LogP contribution in [0.2, 0.25) is 0 Å². The predicted molar refractivity (Wildman–Crippen MR) is 69.2 cm³/mol. The van der Waals surface area contributed by atoms with Crippen LogP contribution in [-0.4, -0.2) is 34.2 Å². The molecule has 1 saturated heterocycles. The first-order chi connectivity index (χ1) is 8.92. The number of nitrogens with one attached hydrogen (secondary N) is 1. The second-order valence-corrected chi connectivity index (χ2v) is 5.03. The quantitative estimate of drug-likeness (QED) is 0.904. The number of rotatable bonds is 4. The van der Waals surface area contributed by atoms with Crippen molar-refractivity contribution < 1.29 is 4.74 Å². The maximum Gasteiger partial charge on any atom is 0.143 e. The van der Waals surface area contributed by atoms with Gasteiger partial charge in [-0.15, -0.1) is 11.3 Å². The van der Waals surface area contributed by atoms with Crippen LogP contribution in [0.15, 0.2) is 24.0 Å². The van der Waals surface area contributed by atoms with E-state index in [1.807, 2.05) is 0 Å². The van der Waals surface area contributed by atoms with Crippen LogP contribution in [-0.2, 0) is 11.3 Å². The molecule has 1 N–H and O–H groups in total. The summed E-state index contributed by atoms with van der Waals surface area (Å²) < 4.78 is 5.32. The van der Waals surface area contributed by atoms with E-state index in [4.69, 9.17) is 4.74 Å². The maximum absolute atomic E-state index is 5.32. The summed E-state index contributed by atoms with van der Waals surface area (Å²) in [6, 6.07) is 0.465. The lowest BCUT2D eigenvalue weighted by Gasteiger charge is -2.07. The van der Waals surface area contributed by atoms with Gasteiger partial charge in [-0.1, -0.05) is 0 Å². The molecule has 2 aromatic heterocycles. The van der Waals surface area contributed by atoms with E-state index in [1.165, 1.54) is 0 Å². The average molecular weight is 262 g/mol. The van der Waals surface area contributed by atoms with Crippen molar-refractivity contribution in [2.45, 2.75) is 19.0 Å². The Morgan fingerprint density at radius 1 is 1.44 bits per heavy atom. The molecule has 1 aliphatic rings. The zero-order valence-corrected chi connectivity index (χ0v) is 10.7.